The molecule has 0 unspecified atom stereocenters. The molecule has 2 nitrogen and oxygen atoms in total. The van der Waals surface area contributed by atoms with E-state index in [1.165, 1.54) is 6.08 Å². The van der Waals surface area contributed by atoms with Gasteiger partial charge in [0.25, 0.3) is 0 Å². The second-order valence-corrected chi connectivity index (χ2v) is 3.90. The highest BCUT2D eigenvalue weighted by atomic mass is 16.1. The van der Waals surface area contributed by atoms with Crippen molar-refractivity contribution in [3.8, 4) is 11.1 Å². The largest absolute Gasteiger partial charge is 0.322 e. The SMILES string of the molecule is C/C=C\C(=O)Nc1ccccc1-c1ccccc1. The van der Waals surface area contributed by atoms with Gasteiger partial charge in [-0.1, -0.05) is 54.6 Å². The highest BCUT2D eigenvalue weighted by Crippen LogP contribution is 2.27. The molecule has 1 N–H and O–H groups in total. The highest BCUT2D eigenvalue weighted by Gasteiger charge is 2.05. The summed E-state index contributed by atoms with van der Waals surface area (Å²) in [5, 5.41) is 2.88. The van der Waals surface area contributed by atoms with Crippen molar-refractivity contribution in [1.82, 2.24) is 0 Å². The summed E-state index contributed by atoms with van der Waals surface area (Å²) >= 11 is 0. The fourth-order valence-electron chi connectivity index (χ4n) is 1.79. The number of nitrogens with one attached hydrogen (secondary N) is 1. The summed E-state index contributed by atoms with van der Waals surface area (Å²) in [6.45, 7) is 1.82. The molecule has 0 bridgehead atoms. The predicted octanol–water partition coefficient (Wildman–Crippen LogP) is 3.87. The van der Waals surface area contributed by atoms with Crippen LogP contribution in [0.25, 0.3) is 11.1 Å². The molecule has 0 radical (unpaired) electrons. The van der Waals surface area contributed by atoms with E-state index in [4.69, 9.17) is 0 Å². The second-order valence-electron chi connectivity index (χ2n) is 3.90. The average Bonchev–Trinajstić information content (AvgIpc) is 2.40. The van der Waals surface area contributed by atoms with Gasteiger partial charge in [0, 0.05) is 11.3 Å². The van der Waals surface area contributed by atoms with Crippen LogP contribution in [-0.4, -0.2) is 5.91 Å². The zero-order valence-electron chi connectivity index (χ0n) is 10.3. The van der Waals surface area contributed by atoms with Crippen molar-refractivity contribution in [2.75, 3.05) is 5.32 Å². The smallest absolute Gasteiger partial charge is 0.248 e. The molecule has 2 aromatic carbocycles. The maximum Gasteiger partial charge on any atom is 0.248 e. The minimum absolute atomic E-state index is 0.110. The molecular weight excluding hydrogens is 222 g/mol. The van der Waals surface area contributed by atoms with Crippen molar-refractivity contribution in [3.05, 3.63) is 66.7 Å². The molecule has 0 aliphatic heterocycles. The molecule has 0 aliphatic carbocycles. The summed E-state index contributed by atoms with van der Waals surface area (Å²) in [6, 6.07) is 17.8. The van der Waals surface area contributed by atoms with E-state index < -0.39 is 0 Å². The molecule has 2 aromatic rings. The van der Waals surface area contributed by atoms with Crippen LogP contribution in [0.15, 0.2) is 66.7 Å². The Bertz CT molecular complexity index is 558. The van der Waals surface area contributed by atoms with Crippen molar-refractivity contribution in [2.24, 2.45) is 0 Å². The molecule has 0 spiro atoms. The van der Waals surface area contributed by atoms with Crippen LogP contribution in [0.5, 0.6) is 0 Å². The first kappa shape index (κ1) is 12.1. The maximum absolute atomic E-state index is 11.6. The monoisotopic (exact) mass is 237 g/mol. The van der Waals surface area contributed by atoms with E-state index in [2.05, 4.69) is 5.32 Å². The van der Waals surface area contributed by atoms with Gasteiger partial charge in [-0.3, -0.25) is 4.79 Å². The first-order chi connectivity index (χ1) is 8.81. The molecule has 2 rings (SSSR count). The topological polar surface area (TPSA) is 29.1 Å². The van der Waals surface area contributed by atoms with Gasteiger partial charge in [0.05, 0.1) is 0 Å². The normalized spacial score (nSPS) is 10.5. The molecule has 0 atom stereocenters. The average molecular weight is 237 g/mol. The number of carbonyl (C=O) groups excluding carboxylic acids is 1. The Balaban J connectivity index is 2.35. The van der Waals surface area contributed by atoms with E-state index in [1.54, 1.807) is 6.08 Å². The third-order valence-corrected chi connectivity index (χ3v) is 2.59. The number of carbonyl (C=O) groups is 1. The summed E-state index contributed by atoms with van der Waals surface area (Å²) in [7, 11) is 0. The third kappa shape index (κ3) is 2.86. The fraction of sp³-hybridized carbons (Fsp3) is 0.0625. The van der Waals surface area contributed by atoms with E-state index in [-0.39, 0.29) is 5.91 Å². The molecule has 0 aromatic heterocycles. The van der Waals surface area contributed by atoms with E-state index in [0.29, 0.717) is 0 Å². The van der Waals surface area contributed by atoms with Crippen molar-refractivity contribution in [2.45, 2.75) is 6.92 Å². The number of hydrogen-bond donors (Lipinski definition) is 1. The molecule has 18 heavy (non-hydrogen) atoms. The number of amides is 1. The lowest BCUT2D eigenvalue weighted by Gasteiger charge is -2.09. The minimum atomic E-state index is -0.110. The lowest BCUT2D eigenvalue weighted by atomic mass is 10.0. The Morgan fingerprint density at radius 3 is 2.39 bits per heavy atom. The Morgan fingerprint density at radius 1 is 1.00 bits per heavy atom. The second kappa shape index (κ2) is 5.82. The zero-order chi connectivity index (χ0) is 12.8. The van der Waals surface area contributed by atoms with Crippen molar-refractivity contribution >= 4 is 11.6 Å². The molecule has 90 valence electrons. The van der Waals surface area contributed by atoms with Gasteiger partial charge in [-0.25, -0.2) is 0 Å². The Morgan fingerprint density at radius 2 is 1.67 bits per heavy atom. The summed E-state index contributed by atoms with van der Waals surface area (Å²) < 4.78 is 0. The molecule has 0 fully saturated rings. The van der Waals surface area contributed by atoms with E-state index in [9.17, 15) is 4.79 Å². The first-order valence-corrected chi connectivity index (χ1v) is 5.89. The summed E-state index contributed by atoms with van der Waals surface area (Å²) in [5.74, 6) is -0.110. The van der Waals surface area contributed by atoms with Crippen LogP contribution in [0.4, 0.5) is 5.69 Å². The van der Waals surface area contributed by atoms with Gasteiger partial charge in [0.2, 0.25) is 5.91 Å². The highest BCUT2D eigenvalue weighted by molar-refractivity contribution is 6.01. The zero-order valence-corrected chi connectivity index (χ0v) is 10.3. The number of hydrogen-bond acceptors (Lipinski definition) is 1. The van der Waals surface area contributed by atoms with E-state index >= 15 is 0 Å². The number of benzene rings is 2. The van der Waals surface area contributed by atoms with Gasteiger partial charge in [-0.15, -0.1) is 0 Å². The van der Waals surface area contributed by atoms with Crippen molar-refractivity contribution in [3.63, 3.8) is 0 Å². The quantitative estimate of drug-likeness (QED) is 0.807. The molecule has 0 saturated heterocycles. The lowest BCUT2D eigenvalue weighted by molar-refractivity contribution is -0.111. The number of allylic oxidation sites excluding steroid dienone is 1. The van der Waals surface area contributed by atoms with Gasteiger partial charge in [-0.2, -0.15) is 0 Å². The summed E-state index contributed by atoms with van der Waals surface area (Å²) in [4.78, 5) is 11.6. The molecule has 0 heterocycles. The van der Waals surface area contributed by atoms with Gasteiger partial charge < -0.3 is 5.32 Å². The van der Waals surface area contributed by atoms with E-state index in [1.807, 2.05) is 61.5 Å². The molecule has 0 aliphatic rings. The van der Waals surface area contributed by atoms with Gasteiger partial charge in [-0.05, 0) is 24.6 Å². The maximum atomic E-state index is 11.6. The van der Waals surface area contributed by atoms with Crippen LogP contribution in [0.1, 0.15) is 6.92 Å². The van der Waals surface area contributed by atoms with Crippen LogP contribution in [0.3, 0.4) is 0 Å². The van der Waals surface area contributed by atoms with Crippen LogP contribution in [-0.2, 0) is 4.79 Å². The Hall–Kier alpha value is -2.35. The number of rotatable bonds is 3. The van der Waals surface area contributed by atoms with Crippen LogP contribution in [0, 0.1) is 0 Å². The van der Waals surface area contributed by atoms with Crippen LogP contribution >= 0.6 is 0 Å². The van der Waals surface area contributed by atoms with E-state index in [0.717, 1.165) is 16.8 Å². The molecule has 2 heteroatoms. The summed E-state index contributed by atoms with van der Waals surface area (Å²) in [5.41, 5.74) is 2.94. The molecule has 1 amide bonds. The first-order valence-electron chi connectivity index (χ1n) is 5.89. The standard InChI is InChI=1S/C16H15NO/c1-2-8-16(18)17-15-12-7-6-11-14(15)13-9-4-3-5-10-13/h2-12H,1H3,(H,17,18)/b8-2-. The molecular formula is C16H15NO. The Kier molecular flexibility index (Phi) is 3.92. The van der Waals surface area contributed by atoms with Crippen LogP contribution < -0.4 is 5.32 Å². The third-order valence-electron chi connectivity index (χ3n) is 2.59. The van der Waals surface area contributed by atoms with Crippen molar-refractivity contribution in [1.29, 1.82) is 0 Å². The predicted molar refractivity (Wildman–Crippen MR) is 75.3 cm³/mol. The summed E-state index contributed by atoms with van der Waals surface area (Å²) in [6.07, 6.45) is 3.24. The Labute approximate surface area is 107 Å². The van der Waals surface area contributed by atoms with Gasteiger partial charge >= 0.3 is 0 Å². The number of anilines is 1. The fourth-order valence-corrected chi connectivity index (χ4v) is 1.79. The lowest BCUT2D eigenvalue weighted by Crippen LogP contribution is -2.08. The molecule has 0 saturated carbocycles. The van der Waals surface area contributed by atoms with Crippen molar-refractivity contribution < 1.29 is 4.79 Å². The number of para-hydroxylation sites is 1. The minimum Gasteiger partial charge on any atom is -0.322 e. The van der Waals surface area contributed by atoms with Gasteiger partial charge in [0.15, 0.2) is 0 Å². The van der Waals surface area contributed by atoms with Crippen LogP contribution in [0.2, 0.25) is 0 Å². The van der Waals surface area contributed by atoms with Gasteiger partial charge in [0.1, 0.15) is 0 Å².